The van der Waals surface area contributed by atoms with Gasteiger partial charge in [-0.3, -0.25) is 0 Å². The second-order valence-corrected chi connectivity index (χ2v) is 4.12. The zero-order chi connectivity index (χ0) is 6.04. The maximum absolute atomic E-state index is 4.30. The second-order valence-electron chi connectivity index (χ2n) is 2.17. The van der Waals surface area contributed by atoms with E-state index in [9.17, 15) is 0 Å². The highest BCUT2D eigenvalue weighted by atomic mass is 32.2. The predicted octanol–water partition coefficient (Wildman–Crippen LogP) is 2.28. The van der Waals surface area contributed by atoms with Crippen molar-refractivity contribution in [2.45, 2.75) is 23.3 Å². The van der Waals surface area contributed by atoms with Gasteiger partial charge >= 0.3 is 0 Å². The summed E-state index contributed by atoms with van der Waals surface area (Å²) >= 11 is 8.59. The van der Waals surface area contributed by atoms with E-state index in [2.05, 4.69) is 37.4 Å². The van der Waals surface area contributed by atoms with Gasteiger partial charge in [0.05, 0.1) is 4.08 Å². The molecule has 46 valence electrons. The van der Waals surface area contributed by atoms with Crippen LogP contribution in [0.1, 0.15) is 19.3 Å². The summed E-state index contributed by atoms with van der Waals surface area (Å²) in [5.74, 6) is 0. The summed E-state index contributed by atoms with van der Waals surface area (Å²) in [6.07, 6.45) is 7.72. The van der Waals surface area contributed by atoms with Crippen molar-refractivity contribution in [1.82, 2.24) is 0 Å². The van der Waals surface area contributed by atoms with Gasteiger partial charge in [0, 0.05) is 0 Å². The molecule has 1 aliphatic rings. The molecule has 0 aliphatic heterocycles. The average molecular weight is 146 g/mol. The maximum atomic E-state index is 4.30. The topological polar surface area (TPSA) is 0 Å². The summed E-state index contributed by atoms with van der Waals surface area (Å²) < 4.78 is -0.113. The smallest absolute Gasteiger partial charge is 0.0733 e. The van der Waals surface area contributed by atoms with Crippen molar-refractivity contribution < 1.29 is 0 Å². The van der Waals surface area contributed by atoms with E-state index >= 15 is 0 Å². The molecule has 8 heavy (non-hydrogen) atoms. The Morgan fingerprint density at radius 1 is 1.38 bits per heavy atom. The lowest BCUT2D eigenvalue weighted by Gasteiger charge is -2.20. The highest BCUT2D eigenvalue weighted by molar-refractivity contribution is 8.00. The fourth-order valence-corrected chi connectivity index (χ4v) is 1.36. The van der Waals surface area contributed by atoms with Crippen LogP contribution in [0.2, 0.25) is 0 Å². The number of thiol groups is 2. The Morgan fingerprint density at radius 3 is 2.38 bits per heavy atom. The minimum absolute atomic E-state index is 0.113. The van der Waals surface area contributed by atoms with Gasteiger partial charge in [-0.1, -0.05) is 12.2 Å². The standard InChI is InChI=1S/C6H10S2/c7-6(8)4-2-1-3-5-6/h2,4,7-8H,1,3,5H2. The van der Waals surface area contributed by atoms with Crippen LogP contribution in [0, 0.1) is 0 Å². The van der Waals surface area contributed by atoms with E-state index in [0.717, 1.165) is 6.42 Å². The van der Waals surface area contributed by atoms with Crippen molar-refractivity contribution in [3.8, 4) is 0 Å². The first-order valence-electron chi connectivity index (χ1n) is 2.83. The number of hydrogen-bond acceptors (Lipinski definition) is 2. The molecule has 0 amide bonds. The summed E-state index contributed by atoms with van der Waals surface area (Å²) in [7, 11) is 0. The quantitative estimate of drug-likeness (QED) is 0.292. The molecule has 0 nitrogen and oxygen atoms in total. The second kappa shape index (κ2) is 2.36. The Labute approximate surface area is 61.2 Å². The third-order valence-corrected chi connectivity index (χ3v) is 2.05. The molecule has 0 spiro atoms. The van der Waals surface area contributed by atoms with E-state index in [4.69, 9.17) is 0 Å². The van der Waals surface area contributed by atoms with E-state index in [-0.39, 0.29) is 4.08 Å². The number of allylic oxidation sites excluding steroid dienone is 1. The Balaban J connectivity index is 2.56. The van der Waals surface area contributed by atoms with Gasteiger partial charge in [0.1, 0.15) is 0 Å². The molecule has 0 aromatic heterocycles. The lowest BCUT2D eigenvalue weighted by molar-refractivity contribution is 0.719. The largest absolute Gasteiger partial charge is 0.158 e. The van der Waals surface area contributed by atoms with Crippen LogP contribution < -0.4 is 0 Å². The van der Waals surface area contributed by atoms with E-state index in [1.165, 1.54) is 12.8 Å². The van der Waals surface area contributed by atoms with E-state index in [1.807, 2.05) is 0 Å². The third kappa shape index (κ3) is 1.75. The molecule has 0 heterocycles. The lowest BCUT2D eigenvalue weighted by Crippen LogP contribution is -2.11. The van der Waals surface area contributed by atoms with Gasteiger partial charge in [-0.2, -0.15) is 25.3 Å². The molecule has 0 bridgehead atoms. The van der Waals surface area contributed by atoms with Crippen LogP contribution in [0.3, 0.4) is 0 Å². The van der Waals surface area contributed by atoms with Crippen molar-refractivity contribution in [2.24, 2.45) is 0 Å². The molecule has 2 heteroatoms. The molecule has 0 saturated carbocycles. The summed E-state index contributed by atoms with van der Waals surface area (Å²) in [5, 5.41) is 0. The fraction of sp³-hybridized carbons (Fsp3) is 0.667. The van der Waals surface area contributed by atoms with Crippen LogP contribution in [0.4, 0.5) is 0 Å². The van der Waals surface area contributed by atoms with Crippen LogP contribution in [0.15, 0.2) is 12.2 Å². The SMILES string of the molecule is SC1(S)C=CCCC1. The molecular formula is C6H10S2. The van der Waals surface area contributed by atoms with Crippen LogP contribution in [-0.4, -0.2) is 4.08 Å². The van der Waals surface area contributed by atoms with E-state index < -0.39 is 0 Å². The van der Waals surface area contributed by atoms with E-state index in [1.54, 1.807) is 0 Å². The third-order valence-electron chi connectivity index (χ3n) is 1.30. The first kappa shape index (κ1) is 6.56. The Hall–Kier alpha value is 0.440. The highest BCUT2D eigenvalue weighted by Crippen LogP contribution is 2.31. The van der Waals surface area contributed by atoms with Gasteiger partial charge in [0.15, 0.2) is 0 Å². The minimum atomic E-state index is -0.113. The molecule has 0 fully saturated rings. The van der Waals surface area contributed by atoms with Crippen LogP contribution in [-0.2, 0) is 0 Å². The van der Waals surface area contributed by atoms with Crippen LogP contribution in [0.25, 0.3) is 0 Å². The lowest BCUT2D eigenvalue weighted by atomic mass is 10.1. The Kier molecular flexibility index (Phi) is 1.93. The first-order valence-corrected chi connectivity index (χ1v) is 3.73. The molecule has 0 unspecified atom stereocenters. The summed E-state index contributed by atoms with van der Waals surface area (Å²) in [6.45, 7) is 0. The van der Waals surface area contributed by atoms with Gasteiger partial charge in [0.25, 0.3) is 0 Å². The van der Waals surface area contributed by atoms with Crippen LogP contribution in [0.5, 0.6) is 0 Å². The van der Waals surface area contributed by atoms with Crippen LogP contribution >= 0.6 is 25.3 Å². The monoisotopic (exact) mass is 146 g/mol. The predicted molar refractivity (Wildman–Crippen MR) is 43.7 cm³/mol. The molecular weight excluding hydrogens is 136 g/mol. The zero-order valence-electron chi connectivity index (χ0n) is 4.67. The molecule has 0 saturated heterocycles. The molecule has 1 aliphatic carbocycles. The Bertz CT molecular complexity index is 105. The molecule has 0 aromatic carbocycles. The van der Waals surface area contributed by atoms with Gasteiger partial charge in [-0.15, -0.1) is 0 Å². The Morgan fingerprint density at radius 2 is 2.12 bits per heavy atom. The van der Waals surface area contributed by atoms with Crippen molar-refractivity contribution in [2.75, 3.05) is 0 Å². The number of rotatable bonds is 0. The fourth-order valence-electron chi connectivity index (χ4n) is 0.835. The zero-order valence-corrected chi connectivity index (χ0v) is 6.46. The first-order chi connectivity index (χ1) is 3.71. The molecule has 0 aromatic rings. The molecule has 0 N–H and O–H groups in total. The highest BCUT2D eigenvalue weighted by Gasteiger charge is 2.17. The minimum Gasteiger partial charge on any atom is -0.158 e. The molecule has 1 rings (SSSR count). The summed E-state index contributed by atoms with van der Waals surface area (Å²) in [6, 6.07) is 0. The van der Waals surface area contributed by atoms with E-state index in [0.29, 0.717) is 0 Å². The van der Waals surface area contributed by atoms with Gasteiger partial charge in [-0.25, -0.2) is 0 Å². The molecule has 0 radical (unpaired) electrons. The summed E-state index contributed by atoms with van der Waals surface area (Å²) in [5.41, 5.74) is 0. The van der Waals surface area contributed by atoms with Gasteiger partial charge in [-0.05, 0) is 19.3 Å². The van der Waals surface area contributed by atoms with Crippen molar-refractivity contribution in [1.29, 1.82) is 0 Å². The normalized spacial score (nSPS) is 25.8. The van der Waals surface area contributed by atoms with Gasteiger partial charge < -0.3 is 0 Å². The van der Waals surface area contributed by atoms with Crippen molar-refractivity contribution in [3.05, 3.63) is 12.2 Å². The van der Waals surface area contributed by atoms with Crippen molar-refractivity contribution >= 4 is 25.3 Å². The van der Waals surface area contributed by atoms with Crippen molar-refractivity contribution in [3.63, 3.8) is 0 Å². The average Bonchev–Trinajstić information content (AvgIpc) is 1.65. The summed E-state index contributed by atoms with van der Waals surface area (Å²) in [4.78, 5) is 0. The van der Waals surface area contributed by atoms with Gasteiger partial charge in [0.2, 0.25) is 0 Å². The maximum Gasteiger partial charge on any atom is 0.0733 e. The molecule has 0 atom stereocenters. The number of hydrogen-bond donors (Lipinski definition) is 2.